The highest BCUT2D eigenvalue weighted by atomic mass is 16.5. The second kappa shape index (κ2) is 8.02. The fourth-order valence-electron chi connectivity index (χ4n) is 4.07. The normalized spacial score (nSPS) is 15.0. The summed E-state index contributed by atoms with van der Waals surface area (Å²) in [6.45, 7) is 7.91. The molecule has 0 bridgehead atoms. The molecular weight excluding hydrogens is 418 g/mol. The van der Waals surface area contributed by atoms with E-state index in [2.05, 4.69) is 16.5 Å². The maximum Gasteiger partial charge on any atom is 0.297 e. The first-order valence-corrected chi connectivity index (χ1v) is 10.5. The molecule has 0 aliphatic carbocycles. The quantitative estimate of drug-likeness (QED) is 0.425. The van der Waals surface area contributed by atoms with Crippen molar-refractivity contribution < 1.29 is 13.9 Å². The van der Waals surface area contributed by atoms with Crippen molar-refractivity contribution in [1.82, 2.24) is 9.97 Å². The molecule has 1 unspecified atom stereocenters. The molecule has 3 heterocycles. The summed E-state index contributed by atoms with van der Waals surface area (Å²) < 4.78 is 11.6. The highest BCUT2D eigenvalue weighted by molar-refractivity contribution is 6.09. The third-order valence-corrected chi connectivity index (χ3v) is 5.82. The van der Waals surface area contributed by atoms with Crippen LogP contribution in [-0.2, 0) is 0 Å². The molecule has 2 aromatic heterocycles. The van der Waals surface area contributed by atoms with Crippen LogP contribution in [0.15, 0.2) is 76.7 Å². The molecule has 7 nitrogen and oxygen atoms in total. The summed E-state index contributed by atoms with van der Waals surface area (Å²) >= 11 is 0. The van der Waals surface area contributed by atoms with Gasteiger partial charge in [-0.25, -0.2) is 9.97 Å². The minimum Gasteiger partial charge on any atom is -0.490 e. The molecular formula is C26H21N3O4. The first kappa shape index (κ1) is 20.6. The van der Waals surface area contributed by atoms with Crippen molar-refractivity contribution >= 4 is 22.8 Å². The van der Waals surface area contributed by atoms with E-state index in [1.165, 1.54) is 4.90 Å². The minimum absolute atomic E-state index is 0.0141. The number of fused-ring (bicyclic) bond motifs is 2. The molecule has 0 saturated heterocycles. The van der Waals surface area contributed by atoms with Crippen molar-refractivity contribution in [2.75, 3.05) is 11.5 Å². The van der Waals surface area contributed by atoms with Gasteiger partial charge in [0.1, 0.15) is 17.9 Å². The van der Waals surface area contributed by atoms with Crippen molar-refractivity contribution in [3.05, 3.63) is 106 Å². The molecule has 0 radical (unpaired) electrons. The Bertz CT molecular complexity index is 1440. The molecule has 7 heteroatoms. The van der Waals surface area contributed by atoms with Crippen LogP contribution in [0, 0.1) is 13.8 Å². The van der Waals surface area contributed by atoms with E-state index in [0.717, 1.165) is 16.7 Å². The molecule has 0 fully saturated rings. The van der Waals surface area contributed by atoms with Gasteiger partial charge in [0, 0.05) is 12.4 Å². The van der Waals surface area contributed by atoms with Crippen LogP contribution in [0.4, 0.5) is 5.95 Å². The van der Waals surface area contributed by atoms with E-state index in [1.54, 1.807) is 42.7 Å². The fraction of sp³-hybridized carbons (Fsp3) is 0.154. The molecule has 0 spiro atoms. The number of nitrogens with zero attached hydrogens (tertiary/aromatic N) is 3. The lowest BCUT2D eigenvalue weighted by Gasteiger charge is -2.23. The summed E-state index contributed by atoms with van der Waals surface area (Å²) in [4.78, 5) is 37.1. The zero-order chi connectivity index (χ0) is 23.1. The molecule has 0 saturated carbocycles. The number of aryl methyl sites for hydroxylation is 2. The van der Waals surface area contributed by atoms with Crippen molar-refractivity contribution in [3.63, 3.8) is 0 Å². The number of amides is 1. The molecule has 0 N–H and O–H groups in total. The lowest BCUT2D eigenvalue weighted by molar-refractivity contribution is 0.0969. The van der Waals surface area contributed by atoms with Gasteiger partial charge in [0.05, 0.1) is 17.0 Å². The predicted octanol–water partition coefficient (Wildman–Crippen LogP) is 4.51. The lowest BCUT2D eigenvalue weighted by Crippen LogP contribution is -2.31. The second-order valence-electron chi connectivity index (χ2n) is 7.90. The summed E-state index contributed by atoms with van der Waals surface area (Å²) in [5.41, 5.74) is 3.10. The molecule has 4 aromatic rings. The van der Waals surface area contributed by atoms with Gasteiger partial charge in [-0.3, -0.25) is 14.5 Å². The van der Waals surface area contributed by atoms with Crippen molar-refractivity contribution in [2.45, 2.75) is 19.9 Å². The Kier molecular flexibility index (Phi) is 5.01. The second-order valence-corrected chi connectivity index (χ2v) is 7.90. The standard InChI is InChI=1S/C26H21N3O4/c1-4-12-32-18-8-6-17(7-9-18)22-21-23(30)19-13-15(2)16(3)14-20(19)33-24(21)25(31)29(22)26-27-10-5-11-28-26/h4-11,13-14,22H,1,12H2,2-3H3. The van der Waals surface area contributed by atoms with Gasteiger partial charge in [-0.05, 0) is 60.9 Å². The predicted molar refractivity (Wildman–Crippen MR) is 125 cm³/mol. The number of anilines is 1. The molecule has 5 rings (SSSR count). The zero-order valence-corrected chi connectivity index (χ0v) is 18.2. The van der Waals surface area contributed by atoms with Gasteiger partial charge in [0.2, 0.25) is 11.7 Å². The molecule has 164 valence electrons. The van der Waals surface area contributed by atoms with Crippen LogP contribution in [0.5, 0.6) is 5.75 Å². The Labute approximate surface area is 190 Å². The number of rotatable bonds is 5. The summed E-state index contributed by atoms with van der Waals surface area (Å²) in [7, 11) is 0. The molecule has 1 atom stereocenters. The van der Waals surface area contributed by atoms with Crippen LogP contribution in [0.1, 0.15) is 38.9 Å². The first-order valence-electron chi connectivity index (χ1n) is 10.5. The Morgan fingerprint density at radius 2 is 1.79 bits per heavy atom. The van der Waals surface area contributed by atoms with Gasteiger partial charge >= 0.3 is 0 Å². The van der Waals surface area contributed by atoms with Crippen LogP contribution >= 0.6 is 0 Å². The van der Waals surface area contributed by atoms with Crippen LogP contribution in [0.3, 0.4) is 0 Å². The van der Waals surface area contributed by atoms with Crippen molar-refractivity contribution in [1.29, 1.82) is 0 Å². The Morgan fingerprint density at radius 3 is 2.48 bits per heavy atom. The highest BCUT2D eigenvalue weighted by Crippen LogP contribution is 2.40. The number of ether oxygens (including phenoxy) is 1. The van der Waals surface area contributed by atoms with E-state index in [-0.39, 0.29) is 22.7 Å². The van der Waals surface area contributed by atoms with Gasteiger partial charge in [-0.15, -0.1) is 0 Å². The average Bonchev–Trinajstić information content (AvgIpc) is 3.12. The van der Waals surface area contributed by atoms with Crippen LogP contribution in [0.25, 0.3) is 11.0 Å². The Balaban J connectivity index is 1.74. The maximum absolute atomic E-state index is 13.7. The third-order valence-electron chi connectivity index (χ3n) is 5.82. The largest absolute Gasteiger partial charge is 0.490 e. The molecule has 2 aromatic carbocycles. The van der Waals surface area contributed by atoms with Crippen LogP contribution < -0.4 is 15.1 Å². The van der Waals surface area contributed by atoms with Crippen LogP contribution in [0.2, 0.25) is 0 Å². The van der Waals surface area contributed by atoms with E-state index in [1.807, 2.05) is 32.0 Å². The molecule has 1 aliphatic heterocycles. The van der Waals surface area contributed by atoms with Gasteiger partial charge in [-0.2, -0.15) is 0 Å². The molecule has 33 heavy (non-hydrogen) atoms. The fourth-order valence-corrected chi connectivity index (χ4v) is 4.07. The Hall–Kier alpha value is -4.26. The lowest BCUT2D eigenvalue weighted by atomic mass is 9.97. The van der Waals surface area contributed by atoms with Gasteiger partial charge in [-0.1, -0.05) is 24.8 Å². The number of aromatic nitrogens is 2. The van der Waals surface area contributed by atoms with E-state index >= 15 is 0 Å². The smallest absolute Gasteiger partial charge is 0.297 e. The summed E-state index contributed by atoms with van der Waals surface area (Å²) in [6, 6.07) is 11.8. The highest BCUT2D eigenvalue weighted by Gasteiger charge is 2.44. The van der Waals surface area contributed by atoms with Crippen molar-refractivity contribution in [2.24, 2.45) is 0 Å². The number of hydrogen-bond acceptors (Lipinski definition) is 6. The zero-order valence-electron chi connectivity index (χ0n) is 18.2. The van der Waals surface area contributed by atoms with E-state index < -0.39 is 11.9 Å². The van der Waals surface area contributed by atoms with Gasteiger partial charge in [0.15, 0.2) is 5.43 Å². The number of benzene rings is 2. The minimum atomic E-state index is -0.731. The van der Waals surface area contributed by atoms with Crippen molar-refractivity contribution in [3.8, 4) is 5.75 Å². The monoisotopic (exact) mass is 439 g/mol. The summed E-state index contributed by atoms with van der Waals surface area (Å²) in [6.07, 6.45) is 4.77. The third kappa shape index (κ3) is 3.38. The van der Waals surface area contributed by atoms with Gasteiger partial charge < -0.3 is 9.15 Å². The van der Waals surface area contributed by atoms with Gasteiger partial charge in [0.25, 0.3) is 5.91 Å². The van der Waals surface area contributed by atoms with E-state index in [4.69, 9.17) is 9.15 Å². The van der Waals surface area contributed by atoms with E-state index in [0.29, 0.717) is 23.3 Å². The topological polar surface area (TPSA) is 85.5 Å². The summed E-state index contributed by atoms with van der Waals surface area (Å²) in [5.74, 6) is 0.412. The number of carbonyl (C=O) groups excluding carboxylic acids is 1. The first-order chi connectivity index (χ1) is 16.0. The number of carbonyl (C=O) groups is 1. The SMILES string of the molecule is C=CCOc1ccc(C2c3c(oc4cc(C)c(C)cc4c3=O)C(=O)N2c2ncccn2)cc1. The number of hydrogen-bond donors (Lipinski definition) is 0. The average molecular weight is 439 g/mol. The molecule has 1 aliphatic rings. The molecule has 1 amide bonds. The van der Waals surface area contributed by atoms with E-state index in [9.17, 15) is 9.59 Å². The maximum atomic E-state index is 13.7. The Morgan fingerprint density at radius 1 is 1.09 bits per heavy atom. The summed E-state index contributed by atoms with van der Waals surface area (Å²) in [5, 5.41) is 0.441. The van der Waals surface area contributed by atoms with Crippen LogP contribution in [-0.4, -0.2) is 22.5 Å².